The van der Waals surface area contributed by atoms with Crippen molar-refractivity contribution in [1.82, 2.24) is 9.80 Å². The molecule has 0 unspecified atom stereocenters. The van der Waals surface area contributed by atoms with Gasteiger partial charge in [-0.1, -0.05) is 79.4 Å². The van der Waals surface area contributed by atoms with Crippen molar-refractivity contribution in [3.63, 3.8) is 0 Å². The Kier molecular flexibility index (Phi) is 9.72. The van der Waals surface area contributed by atoms with Crippen molar-refractivity contribution >= 4 is 5.78 Å². The van der Waals surface area contributed by atoms with Gasteiger partial charge in [-0.25, -0.2) is 0 Å². The number of hydrogen-bond donors (Lipinski definition) is 0. The van der Waals surface area contributed by atoms with Gasteiger partial charge in [0, 0.05) is 44.5 Å². The molecule has 1 aliphatic rings. The first-order valence-electron chi connectivity index (χ1n) is 12.0. The van der Waals surface area contributed by atoms with Crippen LogP contribution in [0, 0.1) is 0 Å². The summed E-state index contributed by atoms with van der Waals surface area (Å²) in [7, 11) is 0. The molecule has 176 valence electrons. The molecular weight excluding hydrogens is 416 g/mol. The highest BCUT2D eigenvalue weighted by Crippen LogP contribution is 2.18. The molecule has 0 amide bonds. The average Bonchev–Trinajstić information content (AvgIpc) is 2.86. The molecular formula is C31H36N2O. The van der Waals surface area contributed by atoms with Crippen molar-refractivity contribution in [1.29, 1.82) is 0 Å². The SMILES string of the molecule is C=CN(/C=C\C(=C)C)Cc1ccccc1CCC(=O)CCc1ccccc1CN1C=CCC=C1. The number of rotatable bonds is 13. The molecule has 3 heteroatoms. The third kappa shape index (κ3) is 8.08. The Balaban J connectivity index is 1.55. The van der Waals surface area contributed by atoms with E-state index in [1.165, 1.54) is 22.3 Å². The molecule has 2 aromatic carbocycles. The molecule has 0 saturated carbocycles. The largest absolute Gasteiger partial charge is 0.351 e. The standard InChI is InChI=1S/C31H36N2O/c1-4-32(23-20-26(2)3)24-29-14-8-6-12-27(29)16-18-31(34)19-17-28-13-7-9-15-30(28)25-33-21-10-5-11-22-33/h4,6-15,20-23H,1-2,5,16-19,24-25H2,3H3/b23-20-. The van der Waals surface area contributed by atoms with Crippen molar-refractivity contribution in [2.45, 2.75) is 52.1 Å². The Labute approximate surface area is 205 Å². The van der Waals surface area contributed by atoms with E-state index >= 15 is 0 Å². The van der Waals surface area contributed by atoms with Crippen molar-refractivity contribution in [3.8, 4) is 0 Å². The maximum absolute atomic E-state index is 12.8. The molecule has 1 aliphatic heterocycles. The third-order valence-corrected chi connectivity index (χ3v) is 5.94. The van der Waals surface area contributed by atoms with Gasteiger partial charge in [0.15, 0.2) is 0 Å². The van der Waals surface area contributed by atoms with Crippen LogP contribution in [0.1, 0.15) is 48.4 Å². The van der Waals surface area contributed by atoms with E-state index in [-0.39, 0.29) is 0 Å². The smallest absolute Gasteiger partial charge is 0.133 e. The van der Waals surface area contributed by atoms with Gasteiger partial charge in [-0.05, 0) is 60.7 Å². The van der Waals surface area contributed by atoms with Gasteiger partial charge in [0.25, 0.3) is 0 Å². The van der Waals surface area contributed by atoms with E-state index in [0.29, 0.717) is 18.6 Å². The van der Waals surface area contributed by atoms with Gasteiger partial charge in [-0.3, -0.25) is 4.79 Å². The van der Waals surface area contributed by atoms with Gasteiger partial charge in [-0.15, -0.1) is 0 Å². The van der Waals surface area contributed by atoms with Crippen LogP contribution in [0.5, 0.6) is 0 Å². The molecule has 0 aromatic heterocycles. The lowest BCUT2D eigenvalue weighted by molar-refractivity contribution is -0.119. The van der Waals surface area contributed by atoms with Gasteiger partial charge >= 0.3 is 0 Å². The maximum atomic E-state index is 12.8. The van der Waals surface area contributed by atoms with E-state index < -0.39 is 0 Å². The van der Waals surface area contributed by atoms with Gasteiger partial charge in [-0.2, -0.15) is 0 Å². The molecule has 0 aliphatic carbocycles. The molecule has 34 heavy (non-hydrogen) atoms. The Morgan fingerprint density at radius 1 is 0.941 bits per heavy atom. The van der Waals surface area contributed by atoms with Gasteiger partial charge < -0.3 is 9.80 Å². The summed E-state index contributed by atoms with van der Waals surface area (Å²) >= 11 is 0. The zero-order valence-electron chi connectivity index (χ0n) is 20.3. The van der Waals surface area contributed by atoms with Crippen LogP contribution in [0.25, 0.3) is 0 Å². The zero-order chi connectivity index (χ0) is 24.2. The summed E-state index contributed by atoms with van der Waals surface area (Å²) in [6.07, 6.45) is 18.0. The minimum Gasteiger partial charge on any atom is -0.351 e. The summed E-state index contributed by atoms with van der Waals surface area (Å²) in [6, 6.07) is 16.8. The second kappa shape index (κ2) is 13.2. The zero-order valence-corrected chi connectivity index (χ0v) is 20.3. The highest BCUT2D eigenvalue weighted by molar-refractivity contribution is 5.79. The summed E-state index contributed by atoms with van der Waals surface area (Å²) in [5.74, 6) is 0.310. The first kappa shape index (κ1) is 25.0. The van der Waals surface area contributed by atoms with Crippen LogP contribution >= 0.6 is 0 Å². The summed E-state index contributed by atoms with van der Waals surface area (Å²) in [4.78, 5) is 17.0. The van der Waals surface area contributed by atoms with E-state index in [9.17, 15) is 4.79 Å². The predicted octanol–water partition coefficient (Wildman–Crippen LogP) is 7.09. The quantitative estimate of drug-likeness (QED) is 0.303. The fourth-order valence-corrected chi connectivity index (χ4v) is 4.01. The topological polar surface area (TPSA) is 23.6 Å². The van der Waals surface area contributed by atoms with Crippen LogP contribution in [0.3, 0.4) is 0 Å². The van der Waals surface area contributed by atoms with Gasteiger partial charge in [0.05, 0.1) is 0 Å². The number of benzene rings is 2. The molecule has 2 aromatic rings. The van der Waals surface area contributed by atoms with Crippen molar-refractivity contribution in [2.24, 2.45) is 0 Å². The Hall–Kier alpha value is -3.59. The van der Waals surface area contributed by atoms with Crippen LogP contribution in [-0.2, 0) is 30.7 Å². The van der Waals surface area contributed by atoms with Crippen LogP contribution in [0.2, 0.25) is 0 Å². The van der Waals surface area contributed by atoms with E-state index in [1.54, 1.807) is 0 Å². The second-order valence-electron chi connectivity index (χ2n) is 8.77. The third-order valence-electron chi connectivity index (χ3n) is 5.94. The molecule has 0 fully saturated rings. The minimum atomic E-state index is 0.310. The van der Waals surface area contributed by atoms with E-state index in [4.69, 9.17) is 0 Å². The summed E-state index contributed by atoms with van der Waals surface area (Å²) in [5, 5.41) is 0. The lowest BCUT2D eigenvalue weighted by Gasteiger charge is -2.20. The number of hydrogen-bond acceptors (Lipinski definition) is 3. The van der Waals surface area contributed by atoms with Crippen LogP contribution in [0.15, 0.2) is 110 Å². The van der Waals surface area contributed by atoms with Crippen LogP contribution < -0.4 is 0 Å². The van der Waals surface area contributed by atoms with Crippen LogP contribution in [0.4, 0.5) is 0 Å². The van der Waals surface area contributed by atoms with E-state index in [1.807, 2.05) is 42.4 Å². The maximum Gasteiger partial charge on any atom is 0.133 e. The highest BCUT2D eigenvalue weighted by Gasteiger charge is 2.10. The number of carbonyl (C=O) groups excluding carboxylic acids is 1. The Morgan fingerprint density at radius 3 is 2.09 bits per heavy atom. The Morgan fingerprint density at radius 2 is 1.50 bits per heavy atom. The number of aryl methyl sites for hydroxylation is 2. The van der Waals surface area contributed by atoms with E-state index in [2.05, 4.69) is 79.0 Å². The van der Waals surface area contributed by atoms with Crippen molar-refractivity contribution in [2.75, 3.05) is 0 Å². The fraction of sp³-hybridized carbons (Fsp3) is 0.258. The van der Waals surface area contributed by atoms with Crippen molar-refractivity contribution in [3.05, 3.63) is 133 Å². The van der Waals surface area contributed by atoms with Gasteiger partial charge in [0.1, 0.15) is 5.78 Å². The van der Waals surface area contributed by atoms with E-state index in [0.717, 1.165) is 37.9 Å². The predicted molar refractivity (Wildman–Crippen MR) is 143 cm³/mol. The summed E-state index contributed by atoms with van der Waals surface area (Å²) < 4.78 is 0. The number of Topliss-reactive ketones (excluding diaryl/α,β-unsaturated/α-hetero) is 1. The van der Waals surface area contributed by atoms with Crippen molar-refractivity contribution < 1.29 is 4.79 Å². The molecule has 0 spiro atoms. The first-order valence-corrected chi connectivity index (χ1v) is 12.0. The minimum absolute atomic E-state index is 0.310. The van der Waals surface area contributed by atoms with Crippen LogP contribution in [-0.4, -0.2) is 15.6 Å². The summed E-state index contributed by atoms with van der Waals surface area (Å²) in [6.45, 7) is 11.4. The number of carbonyl (C=O) groups is 1. The molecule has 1 heterocycles. The lowest BCUT2D eigenvalue weighted by atomic mass is 9.97. The molecule has 3 rings (SSSR count). The van der Waals surface area contributed by atoms with Gasteiger partial charge in [0.2, 0.25) is 0 Å². The molecule has 0 N–H and O–H groups in total. The molecule has 0 bridgehead atoms. The number of allylic oxidation sites excluding steroid dienone is 4. The lowest BCUT2D eigenvalue weighted by Crippen LogP contribution is -2.13. The molecule has 0 radical (unpaired) electrons. The highest BCUT2D eigenvalue weighted by atomic mass is 16.1. The average molecular weight is 453 g/mol. The molecule has 0 saturated heterocycles. The molecule has 3 nitrogen and oxygen atoms in total. The normalized spacial score (nSPS) is 12.8. The fourth-order valence-electron chi connectivity index (χ4n) is 4.01. The summed E-state index contributed by atoms with van der Waals surface area (Å²) in [5.41, 5.74) is 5.97. The number of nitrogens with zero attached hydrogens (tertiary/aromatic N) is 2. The number of ketones is 1. The monoisotopic (exact) mass is 452 g/mol. The first-order chi connectivity index (χ1) is 16.5. The molecule has 0 atom stereocenters. The Bertz CT molecular complexity index is 1060. The second-order valence-corrected chi connectivity index (χ2v) is 8.77.